The molecular formula is C12H14N2O3. The van der Waals surface area contributed by atoms with Crippen molar-refractivity contribution in [3.63, 3.8) is 0 Å². The summed E-state index contributed by atoms with van der Waals surface area (Å²) in [5.41, 5.74) is 2.10. The Morgan fingerprint density at radius 3 is 2.41 bits per heavy atom. The van der Waals surface area contributed by atoms with Crippen LogP contribution in [0.3, 0.4) is 0 Å². The van der Waals surface area contributed by atoms with Gasteiger partial charge >= 0.3 is 5.69 Å². The van der Waals surface area contributed by atoms with Gasteiger partial charge in [0.25, 0.3) is 0 Å². The van der Waals surface area contributed by atoms with Gasteiger partial charge in [-0.15, -0.1) is 0 Å². The van der Waals surface area contributed by atoms with E-state index < -0.39 is 0 Å². The lowest BCUT2D eigenvalue weighted by Gasteiger charge is -2.09. The molecule has 0 atom stereocenters. The number of ether oxygens (including phenoxy) is 2. The fourth-order valence-electron chi connectivity index (χ4n) is 1.75. The zero-order chi connectivity index (χ0) is 12.4. The highest BCUT2D eigenvalue weighted by Crippen LogP contribution is 2.32. The van der Waals surface area contributed by atoms with Gasteiger partial charge in [0, 0.05) is 17.3 Å². The van der Waals surface area contributed by atoms with Gasteiger partial charge in [-0.3, -0.25) is 0 Å². The number of rotatable bonds is 3. The van der Waals surface area contributed by atoms with Gasteiger partial charge in [0.05, 0.1) is 19.9 Å². The van der Waals surface area contributed by atoms with E-state index in [-0.39, 0.29) is 5.69 Å². The van der Waals surface area contributed by atoms with Crippen molar-refractivity contribution in [2.45, 2.75) is 6.92 Å². The van der Waals surface area contributed by atoms with Crippen LogP contribution in [0.2, 0.25) is 0 Å². The standard InChI is InChI=1S/C12H14N2O3/c1-7-11(14-12(15)13-7)9-5-4-8(16-2)6-10(9)17-3/h4-6H,1-3H3,(H2,13,14,15). The van der Waals surface area contributed by atoms with E-state index in [1.54, 1.807) is 20.3 Å². The van der Waals surface area contributed by atoms with Crippen molar-refractivity contribution in [1.29, 1.82) is 0 Å². The molecule has 0 unspecified atom stereocenters. The third kappa shape index (κ3) is 2.04. The number of hydrogen-bond acceptors (Lipinski definition) is 3. The largest absolute Gasteiger partial charge is 0.497 e. The van der Waals surface area contributed by atoms with E-state index in [0.717, 1.165) is 17.0 Å². The summed E-state index contributed by atoms with van der Waals surface area (Å²) in [5, 5.41) is 0. The number of nitrogens with one attached hydrogen (secondary N) is 2. The smallest absolute Gasteiger partial charge is 0.323 e. The molecule has 5 heteroatoms. The summed E-state index contributed by atoms with van der Waals surface area (Å²) in [6, 6.07) is 5.45. The molecule has 0 spiro atoms. The Hall–Kier alpha value is -2.17. The highest BCUT2D eigenvalue weighted by molar-refractivity contribution is 5.70. The van der Waals surface area contributed by atoms with Crippen LogP contribution >= 0.6 is 0 Å². The van der Waals surface area contributed by atoms with Crippen molar-refractivity contribution in [3.8, 4) is 22.8 Å². The normalized spacial score (nSPS) is 10.3. The molecule has 2 aromatic rings. The van der Waals surface area contributed by atoms with Gasteiger partial charge in [0.15, 0.2) is 0 Å². The van der Waals surface area contributed by atoms with Crippen molar-refractivity contribution in [2.24, 2.45) is 0 Å². The van der Waals surface area contributed by atoms with Crippen LogP contribution in [0.5, 0.6) is 11.5 Å². The second-order valence-electron chi connectivity index (χ2n) is 3.65. The van der Waals surface area contributed by atoms with Gasteiger partial charge in [-0.25, -0.2) is 4.79 Å². The second kappa shape index (κ2) is 4.37. The average molecular weight is 234 g/mol. The first-order valence-corrected chi connectivity index (χ1v) is 5.17. The Morgan fingerprint density at radius 2 is 1.88 bits per heavy atom. The predicted octanol–water partition coefficient (Wildman–Crippen LogP) is 1.70. The van der Waals surface area contributed by atoms with Crippen LogP contribution < -0.4 is 15.2 Å². The number of imidazole rings is 1. The SMILES string of the molecule is COc1ccc(-c2[nH]c(=O)[nH]c2C)c(OC)c1. The molecular weight excluding hydrogens is 220 g/mol. The topological polar surface area (TPSA) is 67.1 Å². The Bertz CT molecular complexity index is 584. The lowest BCUT2D eigenvalue weighted by Crippen LogP contribution is -2.00. The molecule has 0 aliphatic carbocycles. The summed E-state index contributed by atoms with van der Waals surface area (Å²) >= 11 is 0. The number of aryl methyl sites for hydroxylation is 1. The Kier molecular flexibility index (Phi) is 2.91. The summed E-state index contributed by atoms with van der Waals surface area (Å²) in [4.78, 5) is 16.7. The molecule has 0 aliphatic rings. The highest BCUT2D eigenvalue weighted by atomic mass is 16.5. The number of aromatic nitrogens is 2. The van der Waals surface area contributed by atoms with Crippen molar-refractivity contribution in [3.05, 3.63) is 34.4 Å². The molecule has 90 valence electrons. The Morgan fingerprint density at radius 1 is 1.12 bits per heavy atom. The summed E-state index contributed by atoms with van der Waals surface area (Å²) < 4.78 is 10.4. The minimum atomic E-state index is -0.227. The summed E-state index contributed by atoms with van der Waals surface area (Å²) in [6.07, 6.45) is 0. The molecule has 0 fully saturated rings. The van der Waals surface area contributed by atoms with E-state index >= 15 is 0 Å². The molecule has 0 aliphatic heterocycles. The third-order valence-electron chi connectivity index (χ3n) is 2.59. The van der Waals surface area contributed by atoms with Crippen LogP contribution in [0.4, 0.5) is 0 Å². The summed E-state index contributed by atoms with van der Waals surface area (Å²) in [7, 11) is 3.18. The fraction of sp³-hybridized carbons (Fsp3) is 0.250. The molecule has 2 N–H and O–H groups in total. The molecule has 1 aromatic carbocycles. The van der Waals surface area contributed by atoms with Gasteiger partial charge in [-0.05, 0) is 19.1 Å². The van der Waals surface area contributed by atoms with Crippen LogP contribution in [-0.2, 0) is 0 Å². The molecule has 0 saturated carbocycles. The first kappa shape index (κ1) is 11.3. The number of hydrogen-bond donors (Lipinski definition) is 2. The maximum absolute atomic E-state index is 11.2. The molecule has 5 nitrogen and oxygen atoms in total. The van der Waals surface area contributed by atoms with Crippen LogP contribution in [0.25, 0.3) is 11.3 Å². The van der Waals surface area contributed by atoms with Crippen molar-refractivity contribution < 1.29 is 9.47 Å². The van der Waals surface area contributed by atoms with Gasteiger partial charge in [0.1, 0.15) is 11.5 Å². The molecule has 0 amide bonds. The summed E-state index contributed by atoms with van der Waals surface area (Å²) in [5.74, 6) is 1.36. The van der Waals surface area contributed by atoms with E-state index in [0.29, 0.717) is 11.5 Å². The maximum atomic E-state index is 11.2. The third-order valence-corrected chi connectivity index (χ3v) is 2.59. The Labute approximate surface area is 98.4 Å². The van der Waals surface area contributed by atoms with Crippen molar-refractivity contribution >= 4 is 0 Å². The van der Waals surface area contributed by atoms with Crippen LogP contribution in [-0.4, -0.2) is 24.2 Å². The lowest BCUT2D eigenvalue weighted by molar-refractivity contribution is 0.395. The zero-order valence-corrected chi connectivity index (χ0v) is 9.96. The summed E-state index contributed by atoms with van der Waals surface area (Å²) in [6.45, 7) is 1.83. The first-order chi connectivity index (χ1) is 8.15. The van der Waals surface area contributed by atoms with Crippen LogP contribution in [0.1, 0.15) is 5.69 Å². The van der Waals surface area contributed by atoms with Crippen molar-refractivity contribution in [1.82, 2.24) is 9.97 Å². The number of aromatic amines is 2. The minimum Gasteiger partial charge on any atom is -0.497 e. The Balaban J connectivity index is 2.59. The molecule has 0 bridgehead atoms. The van der Waals surface area contributed by atoms with E-state index in [4.69, 9.17) is 9.47 Å². The van der Waals surface area contributed by atoms with Crippen LogP contribution in [0, 0.1) is 6.92 Å². The number of methoxy groups -OCH3 is 2. The van der Waals surface area contributed by atoms with Gasteiger partial charge in [0.2, 0.25) is 0 Å². The van der Waals surface area contributed by atoms with E-state index in [1.807, 2.05) is 19.1 Å². The maximum Gasteiger partial charge on any atom is 0.323 e. The lowest BCUT2D eigenvalue weighted by atomic mass is 10.1. The quantitative estimate of drug-likeness (QED) is 0.849. The minimum absolute atomic E-state index is 0.227. The number of H-pyrrole nitrogens is 2. The van der Waals surface area contributed by atoms with Crippen molar-refractivity contribution in [2.75, 3.05) is 14.2 Å². The molecule has 2 rings (SSSR count). The highest BCUT2D eigenvalue weighted by Gasteiger charge is 2.12. The molecule has 17 heavy (non-hydrogen) atoms. The van der Waals surface area contributed by atoms with E-state index in [2.05, 4.69) is 9.97 Å². The first-order valence-electron chi connectivity index (χ1n) is 5.17. The van der Waals surface area contributed by atoms with Gasteiger partial charge in [-0.2, -0.15) is 0 Å². The fourth-order valence-corrected chi connectivity index (χ4v) is 1.75. The molecule has 0 saturated heterocycles. The monoisotopic (exact) mass is 234 g/mol. The molecule has 1 aromatic heterocycles. The van der Waals surface area contributed by atoms with E-state index in [9.17, 15) is 4.79 Å². The molecule has 0 radical (unpaired) electrons. The van der Waals surface area contributed by atoms with Crippen LogP contribution in [0.15, 0.2) is 23.0 Å². The number of benzene rings is 1. The van der Waals surface area contributed by atoms with Gasteiger partial charge < -0.3 is 19.4 Å². The van der Waals surface area contributed by atoms with E-state index in [1.165, 1.54) is 0 Å². The zero-order valence-electron chi connectivity index (χ0n) is 9.96. The van der Waals surface area contributed by atoms with Gasteiger partial charge in [-0.1, -0.05) is 0 Å². The molecule has 1 heterocycles. The predicted molar refractivity (Wildman–Crippen MR) is 64.7 cm³/mol. The average Bonchev–Trinajstić information content (AvgIpc) is 2.67. The second-order valence-corrected chi connectivity index (χ2v) is 3.65.